The van der Waals surface area contributed by atoms with Crippen LogP contribution >= 0.6 is 0 Å². The lowest BCUT2D eigenvalue weighted by molar-refractivity contribution is 0.493. The molecule has 0 N–H and O–H groups in total. The highest BCUT2D eigenvalue weighted by atomic mass is 14.7. The topological polar surface area (TPSA) is 12.9 Å². The molecule has 0 aliphatic carbocycles. The molecule has 0 saturated carbocycles. The van der Waals surface area contributed by atoms with Gasteiger partial charge in [-0.2, -0.15) is 0 Å². The van der Waals surface area contributed by atoms with E-state index in [1.165, 1.54) is 63.5 Å². The Balaban J connectivity index is 2.49. The minimum atomic E-state index is 0.629. The lowest BCUT2D eigenvalue weighted by Crippen LogP contribution is -2.08. The van der Waals surface area contributed by atoms with Crippen LogP contribution in [0, 0.1) is 0 Å². The van der Waals surface area contributed by atoms with Gasteiger partial charge in [-0.1, -0.05) is 70.3 Å². The Morgan fingerprint density at radius 3 is 2.16 bits per heavy atom. The van der Waals surface area contributed by atoms with E-state index >= 15 is 0 Å². The summed E-state index contributed by atoms with van der Waals surface area (Å²) in [5.74, 6) is 0.629. The lowest BCUT2D eigenvalue weighted by atomic mass is 9.90. The molecule has 0 aromatic carbocycles. The normalized spacial score (nSPS) is 12.5. The third-order valence-corrected chi connectivity index (χ3v) is 3.79. The van der Waals surface area contributed by atoms with Gasteiger partial charge in [0, 0.05) is 17.8 Å². The van der Waals surface area contributed by atoms with Gasteiger partial charge >= 0.3 is 0 Å². The molecule has 0 fully saturated rings. The minimum Gasteiger partial charge on any atom is -0.262 e. The van der Waals surface area contributed by atoms with Crippen molar-refractivity contribution in [3.63, 3.8) is 0 Å². The first-order valence-electron chi connectivity index (χ1n) is 7.99. The summed E-state index contributed by atoms with van der Waals surface area (Å²) in [5.41, 5.74) is 2.00. The van der Waals surface area contributed by atoms with Crippen LogP contribution in [0.5, 0.6) is 0 Å². The van der Waals surface area contributed by atoms with Gasteiger partial charge < -0.3 is 0 Å². The van der Waals surface area contributed by atoms with Gasteiger partial charge in [-0.25, -0.2) is 0 Å². The van der Waals surface area contributed by atoms with Gasteiger partial charge in [-0.3, -0.25) is 4.98 Å². The van der Waals surface area contributed by atoms with Gasteiger partial charge in [-0.05, 0) is 18.9 Å². The lowest BCUT2D eigenvalue weighted by Gasteiger charge is -2.16. The molecule has 2 radical (unpaired) electrons. The summed E-state index contributed by atoms with van der Waals surface area (Å²) in [6.07, 6.45) is 13.6. The van der Waals surface area contributed by atoms with Crippen molar-refractivity contribution in [2.75, 3.05) is 0 Å². The van der Waals surface area contributed by atoms with Gasteiger partial charge in [0.2, 0.25) is 0 Å². The zero-order valence-electron chi connectivity index (χ0n) is 12.7. The highest BCUT2D eigenvalue weighted by molar-refractivity contribution is 6.32. The molecule has 0 aliphatic heterocycles. The van der Waals surface area contributed by atoms with Crippen LogP contribution in [0.15, 0.2) is 18.3 Å². The minimum absolute atomic E-state index is 0.629. The monoisotopic (exact) mass is 257 g/mol. The molecule has 1 unspecified atom stereocenters. The highest BCUT2D eigenvalue weighted by Gasteiger charge is 2.12. The Bertz CT molecular complexity index is 321. The fourth-order valence-electron chi connectivity index (χ4n) is 2.56. The molecular formula is C17H28BN. The maximum Gasteiger partial charge on any atom is 0.115 e. The molecule has 1 rings (SSSR count). The second-order valence-corrected chi connectivity index (χ2v) is 5.56. The second-order valence-electron chi connectivity index (χ2n) is 5.56. The van der Waals surface area contributed by atoms with E-state index in [0.29, 0.717) is 5.92 Å². The van der Waals surface area contributed by atoms with E-state index in [1.54, 1.807) is 6.20 Å². The molecule has 1 aromatic heterocycles. The highest BCUT2D eigenvalue weighted by Crippen LogP contribution is 2.26. The van der Waals surface area contributed by atoms with Gasteiger partial charge in [0.25, 0.3) is 0 Å². The quantitative estimate of drug-likeness (QED) is 0.444. The third kappa shape index (κ3) is 6.80. The molecule has 0 saturated heterocycles. The van der Waals surface area contributed by atoms with Crippen LogP contribution in [-0.2, 0) is 0 Å². The molecule has 0 bridgehead atoms. The van der Waals surface area contributed by atoms with E-state index in [0.717, 1.165) is 5.46 Å². The van der Waals surface area contributed by atoms with E-state index in [9.17, 15) is 0 Å². The fourth-order valence-corrected chi connectivity index (χ4v) is 2.56. The molecule has 1 nitrogen and oxygen atoms in total. The fraction of sp³-hybridized carbons (Fsp3) is 0.706. The summed E-state index contributed by atoms with van der Waals surface area (Å²) in [6, 6.07) is 4.10. The molecule has 1 heterocycles. The van der Waals surface area contributed by atoms with E-state index in [4.69, 9.17) is 7.85 Å². The van der Waals surface area contributed by atoms with Gasteiger partial charge in [-0.15, -0.1) is 0 Å². The van der Waals surface area contributed by atoms with Crippen molar-refractivity contribution in [1.82, 2.24) is 4.98 Å². The predicted octanol–water partition coefficient (Wildman–Crippen LogP) is 4.51. The first-order valence-corrected chi connectivity index (χ1v) is 7.99. The van der Waals surface area contributed by atoms with Crippen LogP contribution < -0.4 is 5.46 Å². The van der Waals surface area contributed by atoms with Crippen molar-refractivity contribution in [2.24, 2.45) is 0 Å². The van der Waals surface area contributed by atoms with Crippen molar-refractivity contribution in [2.45, 2.75) is 77.6 Å². The van der Waals surface area contributed by atoms with Crippen LogP contribution in [0.4, 0.5) is 0 Å². The number of hydrogen-bond acceptors (Lipinski definition) is 1. The van der Waals surface area contributed by atoms with Crippen molar-refractivity contribution in [3.8, 4) is 0 Å². The van der Waals surface area contributed by atoms with E-state index in [-0.39, 0.29) is 0 Å². The molecule has 0 aliphatic rings. The standard InChI is InChI=1S/C17H28BN/c1-3-5-7-9-11-15(10-8-6-4-2)17-13-12-16(18)14-19-17/h12-15H,3-11H2,1-2H3. The Hall–Kier alpha value is -0.785. The van der Waals surface area contributed by atoms with Gasteiger partial charge in [0.1, 0.15) is 7.85 Å². The van der Waals surface area contributed by atoms with Crippen molar-refractivity contribution < 1.29 is 0 Å². The van der Waals surface area contributed by atoms with Crippen LogP contribution in [0.25, 0.3) is 0 Å². The van der Waals surface area contributed by atoms with E-state index < -0.39 is 0 Å². The Labute approximate surface area is 120 Å². The Morgan fingerprint density at radius 2 is 1.58 bits per heavy atom. The maximum absolute atomic E-state index is 5.73. The third-order valence-electron chi connectivity index (χ3n) is 3.79. The summed E-state index contributed by atoms with van der Waals surface area (Å²) in [5, 5.41) is 0. The zero-order valence-corrected chi connectivity index (χ0v) is 12.7. The summed E-state index contributed by atoms with van der Waals surface area (Å²) in [6.45, 7) is 4.53. The number of hydrogen-bond donors (Lipinski definition) is 0. The molecule has 1 aromatic rings. The first-order chi connectivity index (χ1) is 9.27. The summed E-state index contributed by atoms with van der Waals surface area (Å²) in [4.78, 5) is 4.53. The van der Waals surface area contributed by atoms with Gasteiger partial charge in [0.05, 0.1) is 0 Å². The SMILES string of the molecule is [B]c1ccc(C(CCCCC)CCCCCC)nc1. The van der Waals surface area contributed by atoms with Crippen LogP contribution in [0.2, 0.25) is 0 Å². The maximum atomic E-state index is 5.73. The zero-order chi connectivity index (χ0) is 13.9. The van der Waals surface area contributed by atoms with Gasteiger partial charge in [0.15, 0.2) is 0 Å². The number of rotatable bonds is 10. The predicted molar refractivity (Wildman–Crippen MR) is 85.3 cm³/mol. The van der Waals surface area contributed by atoms with E-state index in [2.05, 4.69) is 24.9 Å². The average molecular weight is 257 g/mol. The number of pyridine rings is 1. The van der Waals surface area contributed by atoms with Crippen molar-refractivity contribution in [3.05, 3.63) is 24.0 Å². The number of nitrogens with zero attached hydrogens (tertiary/aromatic N) is 1. The summed E-state index contributed by atoms with van der Waals surface area (Å²) in [7, 11) is 5.73. The smallest absolute Gasteiger partial charge is 0.115 e. The molecule has 1 atom stereocenters. The summed E-state index contributed by atoms with van der Waals surface area (Å²) >= 11 is 0. The molecule has 104 valence electrons. The average Bonchev–Trinajstić information content (AvgIpc) is 2.43. The summed E-state index contributed by atoms with van der Waals surface area (Å²) < 4.78 is 0. The second kappa shape index (κ2) is 10.1. The van der Waals surface area contributed by atoms with Crippen molar-refractivity contribution >= 4 is 13.3 Å². The van der Waals surface area contributed by atoms with Crippen LogP contribution in [-0.4, -0.2) is 12.8 Å². The molecule has 0 amide bonds. The van der Waals surface area contributed by atoms with Crippen molar-refractivity contribution in [1.29, 1.82) is 0 Å². The molecule has 19 heavy (non-hydrogen) atoms. The number of aromatic nitrogens is 1. The number of unbranched alkanes of at least 4 members (excludes halogenated alkanes) is 5. The first kappa shape index (κ1) is 16.3. The van der Waals surface area contributed by atoms with Crippen LogP contribution in [0.1, 0.15) is 83.2 Å². The largest absolute Gasteiger partial charge is 0.262 e. The molecular weight excluding hydrogens is 229 g/mol. The molecule has 2 heteroatoms. The van der Waals surface area contributed by atoms with Crippen LogP contribution in [0.3, 0.4) is 0 Å². The Morgan fingerprint density at radius 1 is 0.947 bits per heavy atom. The Kier molecular flexibility index (Phi) is 8.61. The van der Waals surface area contributed by atoms with E-state index in [1.807, 2.05) is 6.07 Å². The molecule has 0 spiro atoms.